The highest BCUT2D eigenvalue weighted by Gasteiger charge is 2.59. The van der Waals surface area contributed by atoms with Crippen LogP contribution in [0, 0.1) is 0 Å². The van der Waals surface area contributed by atoms with Crippen LogP contribution in [0.5, 0.6) is 0 Å². The number of halogens is 5. The molecule has 39 heavy (non-hydrogen) atoms. The monoisotopic (exact) mass is 579 g/mol. The van der Waals surface area contributed by atoms with Crippen molar-refractivity contribution in [1.82, 2.24) is 16.1 Å². The van der Waals surface area contributed by atoms with E-state index in [1.807, 2.05) is 13.8 Å². The van der Waals surface area contributed by atoms with Crippen LogP contribution >= 0.6 is 23.2 Å². The molecule has 3 aromatic rings. The molecule has 0 saturated heterocycles. The molecule has 0 aromatic heterocycles. The molecule has 4 rings (SSSR count). The molecular weight excluding hydrogens is 554 g/mol. The number of hydrogen-bond acceptors (Lipinski definition) is 4. The second-order valence-electron chi connectivity index (χ2n) is 9.12. The van der Waals surface area contributed by atoms with Crippen LogP contribution in [-0.4, -0.2) is 30.6 Å². The lowest BCUT2D eigenvalue weighted by molar-refractivity contribution is -0.269. The van der Waals surface area contributed by atoms with Crippen molar-refractivity contribution in [3.05, 3.63) is 87.4 Å². The minimum Gasteiger partial charge on any atom is -0.352 e. The predicted molar refractivity (Wildman–Crippen MR) is 145 cm³/mol. The average molecular weight is 580 g/mol. The Morgan fingerprint density at radius 1 is 1.00 bits per heavy atom. The first-order chi connectivity index (χ1) is 18.5. The summed E-state index contributed by atoms with van der Waals surface area (Å²) in [5.41, 5.74) is -0.0160. The number of fused-ring (bicyclic) bond motifs is 1. The van der Waals surface area contributed by atoms with Crippen molar-refractivity contribution in [2.75, 3.05) is 6.54 Å². The van der Waals surface area contributed by atoms with Gasteiger partial charge in [0.1, 0.15) is 0 Å². The lowest BCUT2D eigenvalue weighted by Crippen LogP contribution is -2.42. The third-order valence-corrected chi connectivity index (χ3v) is 7.04. The van der Waals surface area contributed by atoms with Crippen molar-refractivity contribution in [3.63, 3.8) is 0 Å². The molecule has 206 valence electrons. The summed E-state index contributed by atoms with van der Waals surface area (Å²) in [6, 6.07) is 13.5. The highest BCUT2D eigenvalue weighted by Crippen LogP contribution is 2.48. The number of alkyl halides is 3. The van der Waals surface area contributed by atoms with Gasteiger partial charge in [0.2, 0.25) is 11.5 Å². The lowest BCUT2D eigenvalue weighted by Gasteiger charge is -2.28. The zero-order chi connectivity index (χ0) is 28.4. The second kappa shape index (κ2) is 11.5. The highest BCUT2D eigenvalue weighted by molar-refractivity contribution is 6.34. The number of nitrogens with one attached hydrogen (secondary N) is 3. The van der Waals surface area contributed by atoms with Crippen LogP contribution in [0.2, 0.25) is 10.0 Å². The zero-order valence-corrected chi connectivity index (χ0v) is 22.6. The minimum absolute atomic E-state index is 0.0238. The number of hydroxylamine groups is 1. The maximum absolute atomic E-state index is 14.4. The topological polar surface area (TPSA) is 79.5 Å². The molecule has 1 aliphatic heterocycles. The zero-order valence-electron chi connectivity index (χ0n) is 21.1. The third-order valence-electron chi connectivity index (χ3n) is 6.60. The summed E-state index contributed by atoms with van der Waals surface area (Å²) >= 11 is 12.0. The van der Waals surface area contributed by atoms with E-state index in [-0.39, 0.29) is 45.4 Å². The Balaban J connectivity index is 1.69. The van der Waals surface area contributed by atoms with Crippen LogP contribution in [0.4, 0.5) is 13.2 Å². The third kappa shape index (κ3) is 5.85. The Morgan fingerprint density at radius 2 is 1.64 bits per heavy atom. The van der Waals surface area contributed by atoms with Gasteiger partial charge in [0, 0.05) is 32.8 Å². The van der Waals surface area contributed by atoms with E-state index in [0.29, 0.717) is 16.3 Å². The maximum Gasteiger partial charge on any atom is 0.428 e. The summed E-state index contributed by atoms with van der Waals surface area (Å²) in [4.78, 5) is 30.4. The fraction of sp³-hybridized carbons (Fsp3) is 0.286. The van der Waals surface area contributed by atoms with Gasteiger partial charge in [-0.2, -0.15) is 13.2 Å². The van der Waals surface area contributed by atoms with Crippen LogP contribution in [0.3, 0.4) is 0 Å². The number of carbonyl (C=O) groups excluding carboxylic acids is 2. The number of hydrogen-bond donors (Lipinski definition) is 3. The Morgan fingerprint density at radius 3 is 2.26 bits per heavy atom. The first kappa shape index (κ1) is 28.7. The van der Waals surface area contributed by atoms with Crippen molar-refractivity contribution < 1.29 is 27.6 Å². The summed E-state index contributed by atoms with van der Waals surface area (Å²) < 4.78 is 43.3. The Hall–Kier alpha value is -3.27. The standard InChI is InChI=1S/C28H26Cl2F3N3O3/c1-3-19(4-2)35-25(37)15-34-26(38)23-10-9-22(20-7-5-6-8-21(20)23)24-14-27(39-36-24,28(31,32)33)16-11-17(29)13-18(30)12-16/h5-14,19,36H,3-4,15H2,1-2H3,(H,34,38)(H,35,37). The molecule has 0 aliphatic carbocycles. The van der Waals surface area contributed by atoms with Crippen molar-refractivity contribution >= 4 is 51.5 Å². The predicted octanol–water partition coefficient (Wildman–Crippen LogP) is 6.51. The quantitative estimate of drug-likeness (QED) is 0.284. The molecule has 1 unspecified atom stereocenters. The number of rotatable bonds is 8. The van der Waals surface area contributed by atoms with Gasteiger partial charge >= 0.3 is 6.18 Å². The van der Waals surface area contributed by atoms with Crippen LogP contribution in [-0.2, 0) is 15.2 Å². The molecule has 3 aromatic carbocycles. The van der Waals surface area contributed by atoms with Crippen molar-refractivity contribution in [2.45, 2.75) is 44.5 Å². The molecule has 1 atom stereocenters. The maximum atomic E-state index is 14.4. The van der Waals surface area contributed by atoms with Gasteiger partial charge in [-0.15, -0.1) is 0 Å². The molecular formula is C28H26Cl2F3N3O3. The molecule has 0 spiro atoms. The van der Waals surface area contributed by atoms with E-state index >= 15 is 0 Å². The van der Waals surface area contributed by atoms with Crippen LogP contribution in [0.1, 0.15) is 48.2 Å². The van der Waals surface area contributed by atoms with E-state index in [4.69, 9.17) is 28.0 Å². The van der Waals surface area contributed by atoms with Crippen LogP contribution in [0.15, 0.2) is 60.7 Å². The van der Waals surface area contributed by atoms with Gasteiger partial charge in [-0.1, -0.05) is 67.4 Å². The van der Waals surface area contributed by atoms with Gasteiger partial charge in [0.25, 0.3) is 5.91 Å². The SMILES string of the molecule is CCC(CC)NC(=O)CNC(=O)c1ccc(C2=CC(c3cc(Cl)cc(Cl)c3)(C(F)(F)F)ON2)c2ccccc12. The minimum atomic E-state index is -4.86. The number of amides is 2. The first-order valence-corrected chi connectivity index (χ1v) is 13.0. The fourth-order valence-electron chi connectivity index (χ4n) is 4.50. The molecule has 0 saturated carbocycles. The Bertz CT molecular complexity index is 1420. The molecule has 2 amide bonds. The molecule has 0 radical (unpaired) electrons. The highest BCUT2D eigenvalue weighted by atomic mass is 35.5. The number of carbonyl (C=O) groups is 2. The van der Waals surface area contributed by atoms with Crippen LogP contribution < -0.4 is 16.1 Å². The van der Waals surface area contributed by atoms with Gasteiger partial charge in [-0.3, -0.25) is 19.9 Å². The molecule has 1 heterocycles. The molecule has 1 aliphatic rings. The second-order valence-corrected chi connectivity index (χ2v) is 10.00. The number of benzene rings is 3. The Kier molecular flexibility index (Phi) is 8.44. The summed E-state index contributed by atoms with van der Waals surface area (Å²) in [7, 11) is 0. The summed E-state index contributed by atoms with van der Waals surface area (Å²) in [6.45, 7) is 3.72. The fourth-order valence-corrected chi connectivity index (χ4v) is 5.03. The van der Waals surface area contributed by atoms with Crippen molar-refractivity contribution in [1.29, 1.82) is 0 Å². The van der Waals surface area contributed by atoms with E-state index in [1.165, 1.54) is 18.2 Å². The van der Waals surface area contributed by atoms with Gasteiger partial charge in [-0.25, -0.2) is 0 Å². The van der Waals surface area contributed by atoms with Gasteiger partial charge in [0.15, 0.2) is 0 Å². The smallest absolute Gasteiger partial charge is 0.352 e. The molecule has 0 fully saturated rings. The Labute approximate surface area is 233 Å². The summed E-state index contributed by atoms with van der Waals surface area (Å²) in [6.07, 6.45) is -2.38. The lowest BCUT2D eigenvalue weighted by atomic mass is 9.90. The van der Waals surface area contributed by atoms with Gasteiger partial charge in [0.05, 0.1) is 12.2 Å². The summed E-state index contributed by atoms with van der Waals surface area (Å²) in [5, 5.41) is 6.53. The van der Waals surface area contributed by atoms with E-state index in [2.05, 4.69) is 16.1 Å². The van der Waals surface area contributed by atoms with E-state index in [1.54, 1.807) is 24.3 Å². The van der Waals surface area contributed by atoms with Crippen molar-refractivity contribution in [3.8, 4) is 0 Å². The summed E-state index contributed by atoms with van der Waals surface area (Å²) in [5.74, 6) is -0.791. The molecule has 3 N–H and O–H groups in total. The van der Waals surface area contributed by atoms with Crippen LogP contribution in [0.25, 0.3) is 16.5 Å². The van der Waals surface area contributed by atoms with Gasteiger partial charge in [-0.05, 0) is 54.0 Å². The molecule has 0 bridgehead atoms. The van der Waals surface area contributed by atoms with E-state index in [0.717, 1.165) is 31.1 Å². The van der Waals surface area contributed by atoms with Gasteiger partial charge < -0.3 is 10.6 Å². The molecule has 11 heteroatoms. The van der Waals surface area contributed by atoms with E-state index < -0.39 is 17.7 Å². The van der Waals surface area contributed by atoms with Crippen molar-refractivity contribution in [2.24, 2.45) is 0 Å². The average Bonchev–Trinajstić information content (AvgIpc) is 3.36. The first-order valence-electron chi connectivity index (χ1n) is 12.3. The largest absolute Gasteiger partial charge is 0.428 e. The molecule has 6 nitrogen and oxygen atoms in total. The normalized spacial score (nSPS) is 17.2. The van der Waals surface area contributed by atoms with E-state index in [9.17, 15) is 22.8 Å².